The van der Waals surface area contributed by atoms with E-state index in [1.165, 1.54) is 15.9 Å². The molecular formula is C19H27FN4O+2. The lowest BCUT2D eigenvalue weighted by atomic mass is 9.98. The topological polar surface area (TPSA) is 61.8 Å². The zero-order chi connectivity index (χ0) is 17.9. The zero-order valence-electron chi connectivity index (χ0n) is 14.8. The number of halogens is 1. The first kappa shape index (κ1) is 17.8. The molecule has 0 radical (unpaired) electrons. The fourth-order valence-electron chi connectivity index (χ4n) is 3.66. The second-order valence-electron chi connectivity index (χ2n) is 7.58. The molecule has 0 spiro atoms. The molecule has 5 nitrogen and oxygen atoms in total. The van der Waals surface area contributed by atoms with Crippen LogP contribution < -0.4 is 15.1 Å². The molecule has 3 rings (SSSR count). The maximum atomic E-state index is 13.8. The summed E-state index contributed by atoms with van der Waals surface area (Å²) in [6.45, 7) is 6.57. The van der Waals surface area contributed by atoms with Gasteiger partial charge in [-0.2, -0.15) is 5.26 Å². The molecule has 25 heavy (non-hydrogen) atoms. The number of carbonyl (C=O) groups excluding carboxylic acids is 1. The quantitative estimate of drug-likeness (QED) is 0.614. The van der Waals surface area contributed by atoms with E-state index < -0.39 is 5.54 Å². The van der Waals surface area contributed by atoms with Gasteiger partial charge in [0.2, 0.25) is 0 Å². The fourth-order valence-corrected chi connectivity index (χ4v) is 3.66. The molecule has 134 valence electrons. The van der Waals surface area contributed by atoms with Gasteiger partial charge in [-0.15, -0.1) is 0 Å². The van der Waals surface area contributed by atoms with Gasteiger partial charge >= 0.3 is 0 Å². The van der Waals surface area contributed by atoms with Gasteiger partial charge < -0.3 is 15.1 Å². The second kappa shape index (κ2) is 7.51. The van der Waals surface area contributed by atoms with Crippen molar-refractivity contribution >= 4 is 5.91 Å². The van der Waals surface area contributed by atoms with Crippen LogP contribution in [0.1, 0.15) is 25.3 Å². The number of amides is 1. The van der Waals surface area contributed by atoms with Crippen LogP contribution in [0.15, 0.2) is 24.3 Å². The van der Waals surface area contributed by atoms with Crippen molar-refractivity contribution in [2.75, 3.05) is 32.7 Å². The van der Waals surface area contributed by atoms with Crippen molar-refractivity contribution in [2.24, 2.45) is 5.92 Å². The third-order valence-electron chi connectivity index (χ3n) is 5.50. The third kappa shape index (κ3) is 4.56. The summed E-state index contributed by atoms with van der Waals surface area (Å²) in [5.74, 6) is 0.127. The lowest BCUT2D eigenvalue weighted by Gasteiger charge is -2.30. The number of quaternary nitrogens is 2. The van der Waals surface area contributed by atoms with Gasteiger partial charge in [-0.25, -0.2) is 4.39 Å². The first-order valence-corrected chi connectivity index (χ1v) is 9.13. The van der Waals surface area contributed by atoms with Crippen molar-refractivity contribution in [1.82, 2.24) is 5.32 Å². The molecule has 0 aromatic heterocycles. The van der Waals surface area contributed by atoms with E-state index in [9.17, 15) is 14.4 Å². The van der Waals surface area contributed by atoms with E-state index in [2.05, 4.69) is 11.4 Å². The van der Waals surface area contributed by atoms with Crippen molar-refractivity contribution in [1.29, 1.82) is 5.26 Å². The van der Waals surface area contributed by atoms with Crippen LogP contribution in [0.2, 0.25) is 0 Å². The van der Waals surface area contributed by atoms with E-state index >= 15 is 0 Å². The van der Waals surface area contributed by atoms with Crippen LogP contribution in [0, 0.1) is 23.1 Å². The third-order valence-corrected chi connectivity index (χ3v) is 5.50. The largest absolute Gasteiger partial charge is 0.333 e. The maximum absolute atomic E-state index is 13.8. The molecule has 3 N–H and O–H groups in total. The van der Waals surface area contributed by atoms with E-state index in [0.29, 0.717) is 19.0 Å². The van der Waals surface area contributed by atoms with E-state index in [1.54, 1.807) is 6.07 Å². The lowest BCUT2D eigenvalue weighted by molar-refractivity contribution is -1.02. The highest BCUT2D eigenvalue weighted by Crippen LogP contribution is 2.39. The Balaban J connectivity index is 1.44. The number of nitriles is 1. The van der Waals surface area contributed by atoms with E-state index in [-0.39, 0.29) is 11.7 Å². The Morgan fingerprint density at radius 1 is 1.28 bits per heavy atom. The van der Waals surface area contributed by atoms with Crippen molar-refractivity contribution in [3.05, 3.63) is 35.6 Å². The summed E-state index contributed by atoms with van der Waals surface area (Å²) in [5.41, 5.74) is 0.0435. The molecule has 6 heteroatoms. The zero-order valence-corrected chi connectivity index (χ0v) is 14.8. The van der Waals surface area contributed by atoms with Crippen molar-refractivity contribution in [3.8, 4) is 6.07 Å². The first-order valence-electron chi connectivity index (χ1n) is 9.13. The van der Waals surface area contributed by atoms with Crippen LogP contribution >= 0.6 is 0 Å². The average molecular weight is 346 g/mol. The Hall–Kier alpha value is -1.97. The summed E-state index contributed by atoms with van der Waals surface area (Å²) < 4.78 is 13.8. The molecule has 1 aromatic carbocycles. The number of hydrogen-bond donors (Lipinski definition) is 3. The number of rotatable bonds is 6. The summed E-state index contributed by atoms with van der Waals surface area (Å²) in [4.78, 5) is 14.9. The van der Waals surface area contributed by atoms with Gasteiger partial charge in [-0.05, 0) is 31.7 Å². The van der Waals surface area contributed by atoms with E-state index in [0.717, 1.165) is 44.6 Å². The Kier molecular flexibility index (Phi) is 5.36. The second-order valence-corrected chi connectivity index (χ2v) is 7.58. The summed E-state index contributed by atoms with van der Waals surface area (Å²) in [7, 11) is 0. The van der Waals surface area contributed by atoms with Gasteiger partial charge in [0.25, 0.3) is 5.91 Å². The smallest absolute Gasteiger partial charge is 0.276 e. The van der Waals surface area contributed by atoms with Crippen LogP contribution in [0.4, 0.5) is 4.39 Å². The molecule has 0 bridgehead atoms. The highest BCUT2D eigenvalue weighted by atomic mass is 19.1. The van der Waals surface area contributed by atoms with Gasteiger partial charge in [0.1, 0.15) is 44.1 Å². The molecule has 1 saturated heterocycles. The van der Waals surface area contributed by atoms with Crippen molar-refractivity contribution < 1.29 is 19.0 Å². The molecule has 1 amide bonds. The number of carbonyl (C=O) groups is 1. The molecule has 1 heterocycles. The number of nitrogens with one attached hydrogen (secondary N) is 3. The first-order chi connectivity index (χ1) is 12.0. The number of nitrogens with zero attached hydrogens (tertiary/aromatic N) is 1. The van der Waals surface area contributed by atoms with Gasteiger partial charge in [-0.1, -0.05) is 18.2 Å². The maximum Gasteiger partial charge on any atom is 0.276 e. The average Bonchev–Trinajstić information content (AvgIpc) is 3.44. The number of hydrogen-bond acceptors (Lipinski definition) is 2. The molecule has 1 aliphatic carbocycles. The highest BCUT2D eigenvalue weighted by Gasteiger charge is 2.43. The normalized spacial score (nSPS) is 25.6. The monoisotopic (exact) mass is 346 g/mol. The summed E-state index contributed by atoms with van der Waals surface area (Å²) in [6.07, 6.45) is 2.05. The molecule has 0 unspecified atom stereocenters. The molecule has 1 atom stereocenters. The lowest BCUT2D eigenvalue weighted by Crippen LogP contribution is -3.28. The van der Waals surface area contributed by atoms with Crippen molar-refractivity contribution in [2.45, 2.75) is 31.8 Å². The van der Waals surface area contributed by atoms with Gasteiger partial charge in [0, 0.05) is 5.56 Å². The standard InChI is InChI=1S/C19H25FN4O/c1-19(14-21,16-6-7-16)22-18(25)13-24-10-8-23(9-11-24)12-15-4-2-3-5-17(15)20/h2-5,16H,6-13H2,1H3,(H,22,25)/p+2/t19-/m0/s1. The minimum Gasteiger partial charge on any atom is -0.333 e. The number of piperazine rings is 1. The Morgan fingerprint density at radius 3 is 2.52 bits per heavy atom. The minimum absolute atomic E-state index is 0.0384. The molecule has 1 saturated carbocycles. The summed E-state index contributed by atoms with van der Waals surface area (Å²) in [6, 6.07) is 9.20. The molecular weight excluding hydrogens is 319 g/mol. The Morgan fingerprint density at radius 2 is 1.92 bits per heavy atom. The van der Waals surface area contributed by atoms with Gasteiger partial charge in [0.15, 0.2) is 6.54 Å². The summed E-state index contributed by atoms with van der Waals surface area (Å²) in [5, 5.41) is 12.3. The van der Waals surface area contributed by atoms with Crippen LogP contribution in [0.3, 0.4) is 0 Å². The number of benzene rings is 1. The fraction of sp³-hybridized carbons (Fsp3) is 0.579. The van der Waals surface area contributed by atoms with Gasteiger partial charge in [0.05, 0.1) is 6.07 Å². The minimum atomic E-state index is -0.714. The van der Waals surface area contributed by atoms with Crippen LogP contribution in [0.25, 0.3) is 0 Å². The van der Waals surface area contributed by atoms with E-state index in [4.69, 9.17) is 0 Å². The van der Waals surface area contributed by atoms with Crippen LogP contribution in [-0.2, 0) is 11.3 Å². The van der Waals surface area contributed by atoms with Gasteiger partial charge in [-0.3, -0.25) is 4.79 Å². The van der Waals surface area contributed by atoms with Crippen molar-refractivity contribution in [3.63, 3.8) is 0 Å². The predicted octanol–water partition coefficient (Wildman–Crippen LogP) is -1.08. The van der Waals surface area contributed by atoms with Crippen LogP contribution in [-0.4, -0.2) is 44.2 Å². The predicted molar refractivity (Wildman–Crippen MR) is 91.2 cm³/mol. The molecule has 1 aromatic rings. The highest BCUT2D eigenvalue weighted by molar-refractivity contribution is 5.78. The van der Waals surface area contributed by atoms with E-state index in [1.807, 2.05) is 19.1 Å². The Labute approximate surface area is 148 Å². The molecule has 2 fully saturated rings. The SMILES string of the molecule is C[C@@](C#N)(NC(=O)C[NH+]1CC[NH+](Cc2ccccc2F)CC1)C1CC1. The summed E-state index contributed by atoms with van der Waals surface area (Å²) >= 11 is 0. The molecule has 2 aliphatic rings. The molecule has 1 aliphatic heterocycles. The van der Waals surface area contributed by atoms with Crippen LogP contribution in [0.5, 0.6) is 0 Å². The Bertz CT molecular complexity index is 662.